The number of amides is 2. The van der Waals surface area contributed by atoms with Crippen molar-refractivity contribution in [3.05, 3.63) is 121 Å². The maximum atomic E-state index is 14.1. The average Bonchev–Trinajstić information content (AvgIpc) is 3.50. The molecule has 2 aromatic heterocycles. The number of hydrogen-bond donors (Lipinski definition) is 0. The monoisotopic (exact) mass is 586 g/mol. The van der Waals surface area contributed by atoms with Crippen LogP contribution in [0.3, 0.4) is 0 Å². The summed E-state index contributed by atoms with van der Waals surface area (Å²) in [6.07, 6.45) is 16.9. The van der Waals surface area contributed by atoms with Gasteiger partial charge in [-0.05, 0) is 37.8 Å². The molecule has 6 heteroatoms. The molecule has 2 aliphatic rings. The van der Waals surface area contributed by atoms with Crippen LogP contribution in [0.1, 0.15) is 62.5 Å². The zero-order chi connectivity index (χ0) is 30.1. The maximum absolute atomic E-state index is 14.1. The van der Waals surface area contributed by atoms with Gasteiger partial charge >= 0.3 is 0 Å². The van der Waals surface area contributed by atoms with Crippen LogP contribution in [0.2, 0.25) is 0 Å². The SMILES string of the molecule is O=C1/C(=C2/C(=O)N(CCCCCC[n+]3ccccc3)c3ccccc32)c2ccccc2N1CCCCCC[n+]1ccccc1. The minimum Gasteiger partial charge on any atom is -0.308 e. The van der Waals surface area contributed by atoms with E-state index in [9.17, 15) is 9.59 Å². The molecule has 44 heavy (non-hydrogen) atoms. The van der Waals surface area contributed by atoms with Crippen molar-refractivity contribution in [1.29, 1.82) is 0 Å². The molecule has 0 spiro atoms. The Bertz CT molecular complexity index is 1500. The zero-order valence-corrected chi connectivity index (χ0v) is 25.5. The van der Waals surface area contributed by atoms with Crippen molar-refractivity contribution < 1.29 is 18.7 Å². The Kier molecular flexibility index (Phi) is 9.56. The number of carbonyl (C=O) groups excluding carboxylic acids is 2. The van der Waals surface area contributed by atoms with Gasteiger partial charge < -0.3 is 9.80 Å². The van der Waals surface area contributed by atoms with E-state index in [1.165, 1.54) is 0 Å². The van der Waals surface area contributed by atoms with Crippen molar-refractivity contribution in [2.24, 2.45) is 0 Å². The smallest absolute Gasteiger partial charge is 0.259 e. The molecule has 0 N–H and O–H groups in total. The quantitative estimate of drug-likeness (QED) is 0.0977. The summed E-state index contributed by atoms with van der Waals surface area (Å²) in [5.41, 5.74) is 4.69. The third-order valence-corrected chi connectivity index (χ3v) is 8.75. The maximum Gasteiger partial charge on any atom is 0.259 e. The van der Waals surface area contributed by atoms with Gasteiger partial charge in [0.15, 0.2) is 24.8 Å². The molecule has 0 saturated carbocycles. The zero-order valence-electron chi connectivity index (χ0n) is 25.5. The minimum atomic E-state index is -0.0514. The number of pyridine rings is 2. The second kappa shape index (κ2) is 14.3. The van der Waals surface area contributed by atoms with Crippen molar-refractivity contribution in [1.82, 2.24) is 0 Å². The van der Waals surface area contributed by atoms with Gasteiger partial charge in [-0.3, -0.25) is 9.59 Å². The number of benzene rings is 2. The normalized spacial score (nSPS) is 15.6. The molecule has 0 aliphatic carbocycles. The molecule has 4 aromatic rings. The topological polar surface area (TPSA) is 48.4 Å². The molecule has 0 saturated heterocycles. The predicted octanol–water partition coefficient (Wildman–Crippen LogP) is 6.39. The Balaban J connectivity index is 1.11. The third kappa shape index (κ3) is 6.49. The summed E-state index contributed by atoms with van der Waals surface area (Å²) in [5.74, 6) is -0.103. The van der Waals surface area contributed by atoms with Crippen molar-refractivity contribution in [2.45, 2.75) is 64.5 Å². The first kappa shape index (κ1) is 29.5. The molecular formula is C38H42N4O2+2. The molecular weight excluding hydrogens is 544 g/mol. The lowest BCUT2D eigenvalue weighted by Crippen LogP contribution is -2.32. The standard InChI is InChI=1S/C38H42N4O2/c43-37-35(31-19-7-9-21-33(31)41(37)29-17-3-1-11-23-39-25-13-5-14-26-39)36-32-20-8-10-22-34(32)42(38(36)44)30-18-4-2-12-24-40-27-15-6-16-28-40/h5-10,13-16,19-22,25-28H,1-4,11-12,17-18,23-24,29-30H2/q+2/b36-35+. The van der Waals surface area contributed by atoms with Gasteiger partial charge in [0.1, 0.15) is 13.1 Å². The Hall–Kier alpha value is -4.58. The number of carbonyl (C=O) groups is 2. The Morgan fingerprint density at radius 1 is 0.432 bits per heavy atom. The molecule has 0 fully saturated rings. The van der Waals surface area contributed by atoms with Gasteiger partial charge in [-0.1, -0.05) is 61.4 Å². The highest BCUT2D eigenvalue weighted by Gasteiger charge is 2.41. The van der Waals surface area contributed by atoms with E-state index in [0.717, 1.165) is 87.0 Å². The van der Waals surface area contributed by atoms with E-state index in [2.05, 4.69) is 58.2 Å². The number of aromatic nitrogens is 2. The Morgan fingerprint density at radius 2 is 0.818 bits per heavy atom. The van der Waals surface area contributed by atoms with Gasteiger partial charge in [-0.15, -0.1) is 0 Å². The lowest BCUT2D eigenvalue weighted by Gasteiger charge is -2.17. The Morgan fingerprint density at radius 3 is 1.25 bits per heavy atom. The highest BCUT2D eigenvalue weighted by Crippen LogP contribution is 2.46. The summed E-state index contributed by atoms with van der Waals surface area (Å²) in [6.45, 7) is 3.33. The van der Waals surface area contributed by atoms with E-state index < -0.39 is 0 Å². The van der Waals surface area contributed by atoms with Crippen LogP contribution < -0.4 is 18.9 Å². The molecule has 2 aromatic carbocycles. The Labute approximate surface area is 260 Å². The number of fused-ring (bicyclic) bond motifs is 2. The van der Waals surface area contributed by atoms with Crippen molar-refractivity contribution >= 4 is 34.3 Å². The molecule has 6 nitrogen and oxygen atoms in total. The molecule has 0 unspecified atom stereocenters. The van der Waals surface area contributed by atoms with E-state index in [1.807, 2.05) is 70.5 Å². The first-order valence-electron chi connectivity index (χ1n) is 16.2. The van der Waals surface area contributed by atoms with Gasteiger partial charge in [0.25, 0.3) is 11.8 Å². The van der Waals surface area contributed by atoms with Crippen LogP contribution in [-0.4, -0.2) is 24.9 Å². The first-order valence-corrected chi connectivity index (χ1v) is 16.2. The summed E-state index contributed by atoms with van der Waals surface area (Å²) in [6, 6.07) is 28.2. The molecule has 4 heterocycles. The molecule has 224 valence electrons. The molecule has 2 amide bonds. The van der Waals surface area contributed by atoms with Gasteiger partial charge in [-0.25, -0.2) is 9.13 Å². The molecule has 0 bridgehead atoms. The number of para-hydroxylation sites is 2. The minimum absolute atomic E-state index is 0.0514. The number of unbranched alkanes of at least 4 members (excludes halogenated alkanes) is 6. The fourth-order valence-electron chi connectivity index (χ4n) is 6.49. The number of nitrogens with zero attached hydrogens (tertiary/aromatic N) is 4. The summed E-state index contributed by atoms with van der Waals surface area (Å²) in [5, 5.41) is 0. The van der Waals surface area contributed by atoms with Gasteiger partial charge in [0, 0.05) is 61.3 Å². The lowest BCUT2D eigenvalue weighted by molar-refractivity contribution is -0.697. The van der Waals surface area contributed by atoms with Crippen LogP contribution in [0.15, 0.2) is 110 Å². The lowest BCUT2D eigenvalue weighted by atomic mass is 9.96. The van der Waals surface area contributed by atoms with E-state index in [4.69, 9.17) is 0 Å². The van der Waals surface area contributed by atoms with E-state index in [0.29, 0.717) is 24.2 Å². The highest BCUT2D eigenvalue weighted by atomic mass is 16.2. The average molecular weight is 587 g/mol. The van der Waals surface area contributed by atoms with Gasteiger partial charge in [0.2, 0.25) is 0 Å². The molecule has 6 rings (SSSR count). The van der Waals surface area contributed by atoms with E-state index >= 15 is 0 Å². The van der Waals surface area contributed by atoms with Crippen molar-refractivity contribution in [2.75, 3.05) is 22.9 Å². The van der Waals surface area contributed by atoms with Crippen molar-refractivity contribution in [3.8, 4) is 0 Å². The van der Waals surface area contributed by atoms with Gasteiger partial charge in [0.05, 0.1) is 22.5 Å². The summed E-state index contributed by atoms with van der Waals surface area (Å²) in [7, 11) is 0. The predicted molar refractivity (Wildman–Crippen MR) is 175 cm³/mol. The number of aryl methyl sites for hydroxylation is 2. The highest BCUT2D eigenvalue weighted by molar-refractivity contribution is 6.49. The largest absolute Gasteiger partial charge is 0.308 e. The molecule has 2 aliphatic heterocycles. The number of hydrogen-bond acceptors (Lipinski definition) is 2. The fraction of sp³-hybridized carbons (Fsp3) is 0.316. The van der Waals surface area contributed by atoms with Crippen molar-refractivity contribution in [3.63, 3.8) is 0 Å². The van der Waals surface area contributed by atoms with E-state index in [1.54, 1.807) is 0 Å². The molecule has 0 atom stereocenters. The van der Waals surface area contributed by atoms with Gasteiger partial charge in [-0.2, -0.15) is 0 Å². The van der Waals surface area contributed by atoms with Crippen LogP contribution in [-0.2, 0) is 22.7 Å². The number of anilines is 2. The molecule has 0 radical (unpaired) electrons. The van der Waals surface area contributed by atoms with Crippen LogP contribution in [0, 0.1) is 0 Å². The summed E-state index contributed by atoms with van der Waals surface area (Å²) in [4.78, 5) is 31.9. The second-order valence-electron chi connectivity index (χ2n) is 11.8. The summed E-state index contributed by atoms with van der Waals surface area (Å²) < 4.78 is 4.42. The third-order valence-electron chi connectivity index (χ3n) is 8.75. The number of rotatable bonds is 14. The van der Waals surface area contributed by atoms with E-state index in [-0.39, 0.29) is 11.8 Å². The van der Waals surface area contributed by atoms with Crippen LogP contribution in [0.25, 0.3) is 11.1 Å². The van der Waals surface area contributed by atoms with Crippen LogP contribution >= 0.6 is 0 Å². The fourth-order valence-corrected chi connectivity index (χ4v) is 6.49. The second-order valence-corrected chi connectivity index (χ2v) is 11.8. The van der Waals surface area contributed by atoms with Crippen LogP contribution in [0.5, 0.6) is 0 Å². The van der Waals surface area contributed by atoms with Crippen LogP contribution in [0.4, 0.5) is 11.4 Å². The summed E-state index contributed by atoms with van der Waals surface area (Å²) >= 11 is 0. The first-order chi connectivity index (χ1) is 21.7.